The molecule has 0 aliphatic heterocycles. The van der Waals surface area contributed by atoms with E-state index in [0.29, 0.717) is 26.1 Å². The Bertz CT molecular complexity index is 263. The van der Waals surface area contributed by atoms with Crippen LogP contribution in [0, 0.1) is 5.41 Å². The predicted octanol–water partition coefficient (Wildman–Crippen LogP) is -3.92. The second-order valence-corrected chi connectivity index (χ2v) is 5.14. The van der Waals surface area contributed by atoms with Gasteiger partial charge in [-0.05, 0) is 7.05 Å². The number of carbonyl (C=O) groups is 1. The molecule has 0 fully saturated rings. The van der Waals surface area contributed by atoms with Crippen LogP contribution < -0.4 is 72.9 Å². The van der Waals surface area contributed by atoms with Crippen LogP contribution in [0.1, 0.15) is 34.1 Å². The average molecular weight is 362 g/mol. The smallest absolute Gasteiger partial charge is 0.854 e. The van der Waals surface area contributed by atoms with Crippen molar-refractivity contribution in [2.24, 2.45) is 11.1 Å². The molecule has 1 amide bonds. The fourth-order valence-electron chi connectivity index (χ4n) is 1.61. The largest absolute Gasteiger partial charge is 1.00 e. The number of aliphatic hydroxyl groups is 1. The molecule has 1 unspecified atom stereocenters. The van der Waals surface area contributed by atoms with Crippen molar-refractivity contribution in [2.45, 2.75) is 39.7 Å². The van der Waals surface area contributed by atoms with E-state index < -0.39 is 11.0 Å². The Morgan fingerprint density at radius 3 is 2.04 bits per heavy atom. The minimum atomic E-state index is -0.657. The van der Waals surface area contributed by atoms with Gasteiger partial charge in [0.05, 0.1) is 0 Å². The summed E-state index contributed by atoms with van der Waals surface area (Å²) in [6, 6.07) is 0. The number of likely N-dealkylation sites (N-methyl/N-ethyl adjacent to an activating group) is 1. The Hall–Kier alpha value is 0.906. The summed E-state index contributed by atoms with van der Waals surface area (Å²) >= 11 is 0. The number of methoxy groups -OCH3 is 1. The maximum absolute atomic E-state index is 12.0. The number of rotatable bonds is 9. The van der Waals surface area contributed by atoms with E-state index in [1.807, 2.05) is 13.8 Å². The van der Waals surface area contributed by atoms with Crippen LogP contribution >= 0.6 is 0 Å². The van der Waals surface area contributed by atoms with Crippen LogP contribution in [0.25, 0.3) is 0 Å². The Morgan fingerprint density at radius 1 is 1.26 bits per heavy atom. The molecule has 0 rings (SSSR count). The van der Waals surface area contributed by atoms with Crippen LogP contribution in [0.5, 0.6) is 0 Å². The van der Waals surface area contributed by atoms with E-state index in [4.69, 9.17) is 15.6 Å². The van der Waals surface area contributed by atoms with E-state index >= 15 is 0 Å². The summed E-state index contributed by atoms with van der Waals surface area (Å²) in [4.78, 5) is 12.0. The molecular weight excluding hydrogens is 325 g/mol. The van der Waals surface area contributed by atoms with Crippen molar-refractivity contribution in [3.05, 3.63) is 0 Å². The quantitative estimate of drug-likeness (QED) is 0.312. The number of hydrogen-bond acceptors (Lipinski definition) is 6. The Morgan fingerprint density at radius 2 is 1.74 bits per heavy atom. The third kappa shape index (κ3) is 13.8. The molecule has 0 spiro atoms. The summed E-state index contributed by atoms with van der Waals surface area (Å²) in [5.41, 5.74) is 4.42. The van der Waals surface area contributed by atoms with E-state index in [-0.39, 0.29) is 63.9 Å². The van der Waals surface area contributed by atoms with Gasteiger partial charge in [-0.25, -0.2) is 0 Å². The van der Waals surface area contributed by atoms with Gasteiger partial charge in [-0.3, -0.25) is 4.79 Å². The third-order valence-corrected chi connectivity index (χ3v) is 3.22. The van der Waals surface area contributed by atoms with E-state index in [9.17, 15) is 9.90 Å². The van der Waals surface area contributed by atoms with Gasteiger partial charge in [0, 0.05) is 39.3 Å². The Labute approximate surface area is 184 Å². The van der Waals surface area contributed by atoms with Crippen molar-refractivity contribution in [3.8, 4) is 0 Å². The normalized spacial score (nSPS) is 12.4. The van der Waals surface area contributed by atoms with Gasteiger partial charge in [-0.1, -0.05) is 34.1 Å². The van der Waals surface area contributed by atoms with Crippen LogP contribution in [-0.2, 0) is 9.53 Å². The maximum atomic E-state index is 12.0. The van der Waals surface area contributed by atoms with Crippen LogP contribution in [-0.4, -0.2) is 64.1 Å². The standard InChI is InChI=1S/C12H26N3O3.C2H6.CH4O.K/c1-11(2,5-6-16)10(17)15-9-12(7-13,18-4)8-14-3;2*1-2;/h14H,5-9,13H2,1-4H3,(H,15,17);1-2H3;2H,1H3;/q-1;;;+1. The zero-order chi connectivity index (χ0) is 18.2. The summed E-state index contributed by atoms with van der Waals surface area (Å²) in [5.74, 6) is -0.149. The number of nitrogens with two attached hydrogens (primary N) is 1. The molecule has 0 aliphatic carbocycles. The monoisotopic (exact) mass is 361 g/mol. The van der Waals surface area contributed by atoms with Gasteiger partial charge in [-0.15, -0.1) is 6.61 Å². The molecule has 0 heterocycles. The molecule has 136 valence electrons. The van der Waals surface area contributed by atoms with Gasteiger partial charge < -0.3 is 31.3 Å². The van der Waals surface area contributed by atoms with Gasteiger partial charge in [0.25, 0.3) is 0 Å². The topological polar surface area (TPSA) is 120 Å². The van der Waals surface area contributed by atoms with Crippen molar-refractivity contribution in [1.82, 2.24) is 10.6 Å². The van der Waals surface area contributed by atoms with Crippen molar-refractivity contribution >= 4 is 5.91 Å². The molecule has 0 aromatic carbocycles. The van der Waals surface area contributed by atoms with E-state index in [0.717, 1.165) is 7.11 Å². The molecular formula is C15H36KN3O4. The van der Waals surface area contributed by atoms with Crippen molar-refractivity contribution < 1.29 is 71.1 Å². The Balaban J connectivity index is -0.000000332. The van der Waals surface area contributed by atoms with Crippen molar-refractivity contribution in [2.75, 3.05) is 47.5 Å². The average Bonchev–Trinajstić information content (AvgIpc) is 2.55. The van der Waals surface area contributed by atoms with Crippen molar-refractivity contribution in [3.63, 3.8) is 0 Å². The van der Waals surface area contributed by atoms with E-state index in [2.05, 4.69) is 10.6 Å². The van der Waals surface area contributed by atoms with Crippen LogP contribution in [0.15, 0.2) is 0 Å². The van der Waals surface area contributed by atoms with Gasteiger partial charge in [0.1, 0.15) is 5.60 Å². The third-order valence-electron chi connectivity index (χ3n) is 3.22. The zero-order valence-electron chi connectivity index (χ0n) is 16.3. The minimum absolute atomic E-state index is 0. The molecule has 0 saturated heterocycles. The molecule has 0 aromatic heterocycles. The summed E-state index contributed by atoms with van der Waals surface area (Å²) in [6.07, 6.45) is 0.313. The van der Waals surface area contributed by atoms with Gasteiger partial charge in [-0.2, -0.15) is 0 Å². The second-order valence-electron chi connectivity index (χ2n) is 5.14. The number of ether oxygens (including phenoxy) is 1. The molecule has 1 atom stereocenters. The Kier molecular flexibility index (Phi) is 26.5. The summed E-state index contributed by atoms with van der Waals surface area (Å²) in [6.45, 7) is 8.42. The van der Waals surface area contributed by atoms with E-state index in [1.54, 1.807) is 28.0 Å². The number of carbonyl (C=O) groups excluding carboxylic acids is 1. The molecule has 23 heavy (non-hydrogen) atoms. The first kappa shape index (κ1) is 31.7. The summed E-state index contributed by atoms with van der Waals surface area (Å²) in [7, 11) is 4.37. The number of hydrogen-bond donors (Lipinski definition) is 4. The van der Waals surface area contributed by atoms with Crippen molar-refractivity contribution in [1.29, 1.82) is 0 Å². The number of aliphatic hydroxyl groups excluding tert-OH is 1. The summed E-state index contributed by atoms with van der Waals surface area (Å²) < 4.78 is 5.39. The van der Waals surface area contributed by atoms with Gasteiger partial charge >= 0.3 is 51.4 Å². The SMILES string of the molecule is CC.CNCC(CN)(CNC(=O)C(C)(C)CC[O-])OC.CO.[K+]. The van der Waals surface area contributed by atoms with Gasteiger partial charge in [0.2, 0.25) is 5.91 Å². The molecule has 0 radical (unpaired) electrons. The van der Waals surface area contributed by atoms with Crippen LogP contribution in [0.4, 0.5) is 0 Å². The molecule has 5 N–H and O–H groups in total. The molecule has 7 nitrogen and oxygen atoms in total. The maximum Gasteiger partial charge on any atom is 1.00 e. The molecule has 0 aromatic rings. The first-order valence-corrected chi connectivity index (χ1v) is 7.58. The number of nitrogens with one attached hydrogen (secondary N) is 2. The van der Waals surface area contributed by atoms with Crippen LogP contribution in [0.2, 0.25) is 0 Å². The molecule has 8 heteroatoms. The number of amides is 1. The molecule has 0 bridgehead atoms. The molecule has 0 saturated carbocycles. The zero-order valence-corrected chi connectivity index (χ0v) is 19.4. The van der Waals surface area contributed by atoms with Crippen LogP contribution in [0.3, 0.4) is 0 Å². The summed E-state index contributed by atoms with van der Waals surface area (Å²) in [5, 5.41) is 23.4. The van der Waals surface area contributed by atoms with E-state index in [1.165, 1.54) is 0 Å². The molecule has 0 aliphatic rings. The second kappa shape index (κ2) is 19.2. The fourth-order valence-corrected chi connectivity index (χ4v) is 1.61. The first-order valence-electron chi connectivity index (χ1n) is 7.58. The predicted molar refractivity (Wildman–Crippen MR) is 88.5 cm³/mol. The first-order chi connectivity index (χ1) is 10.4. The van der Waals surface area contributed by atoms with Gasteiger partial charge in [0.15, 0.2) is 0 Å². The minimum Gasteiger partial charge on any atom is -0.854 e. The fraction of sp³-hybridized carbons (Fsp3) is 0.933.